The third-order valence-corrected chi connectivity index (χ3v) is 4.96. The van der Waals surface area contributed by atoms with Crippen LogP contribution in [0.15, 0.2) is 12.3 Å². The van der Waals surface area contributed by atoms with Crippen LogP contribution in [0, 0.1) is 5.82 Å². The molecule has 1 aliphatic heterocycles. The monoisotopic (exact) mass is 391 g/mol. The second-order valence-corrected chi connectivity index (χ2v) is 7.07. The van der Waals surface area contributed by atoms with Gasteiger partial charge >= 0.3 is 10.2 Å². The molecule has 0 saturated carbocycles. The van der Waals surface area contributed by atoms with Crippen LogP contribution in [0.2, 0.25) is 0 Å². The maximum atomic E-state index is 14.9. The molecule has 140 valence electrons. The van der Waals surface area contributed by atoms with Gasteiger partial charge in [-0.05, 0) is 6.07 Å². The zero-order valence-corrected chi connectivity index (χ0v) is 14.0. The number of halogens is 3. The summed E-state index contributed by atoms with van der Waals surface area (Å²) < 4.78 is 65.7. The van der Waals surface area contributed by atoms with Crippen molar-refractivity contribution in [3.05, 3.63) is 18.1 Å². The lowest BCUT2D eigenvalue weighted by molar-refractivity contribution is -0.117. The number of carbonyl (C=O) groups is 1. The summed E-state index contributed by atoms with van der Waals surface area (Å²) >= 11 is 0. The summed E-state index contributed by atoms with van der Waals surface area (Å²) in [6.07, 6.45) is -1.57. The van der Waals surface area contributed by atoms with Crippen LogP contribution in [0.25, 0.3) is 10.9 Å². The minimum atomic E-state index is -4.36. The van der Waals surface area contributed by atoms with Gasteiger partial charge in [-0.3, -0.25) is 4.79 Å². The van der Waals surface area contributed by atoms with Crippen LogP contribution < -0.4 is 13.9 Å². The number of carbonyl (C=O) groups excluding carboxylic acids is 1. The van der Waals surface area contributed by atoms with Crippen LogP contribution in [-0.4, -0.2) is 56.0 Å². The second-order valence-electron chi connectivity index (χ2n) is 5.47. The van der Waals surface area contributed by atoms with E-state index >= 15 is 0 Å². The molecule has 9 nitrogen and oxygen atoms in total. The van der Waals surface area contributed by atoms with Gasteiger partial charge in [0.15, 0.2) is 5.82 Å². The van der Waals surface area contributed by atoms with E-state index < -0.39 is 58.4 Å². The van der Waals surface area contributed by atoms with E-state index in [4.69, 9.17) is 0 Å². The van der Waals surface area contributed by atoms with Crippen molar-refractivity contribution in [1.82, 2.24) is 14.7 Å². The number of phenols is 1. The van der Waals surface area contributed by atoms with E-state index in [0.29, 0.717) is 4.31 Å². The highest BCUT2D eigenvalue weighted by atomic mass is 32.2. The van der Waals surface area contributed by atoms with Crippen LogP contribution in [-0.2, 0) is 15.0 Å². The van der Waals surface area contributed by atoms with Gasteiger partial charge in [0.05, 0.1) is 6.54 Å². The molecule has 1 amide bonds. The van der Waals surface area contributed by atoms with Crippen LogP contribution in [0.1, 0.15) is 0 Å². The molecule has 1 aromatic heterocycles. The van der Waals surface area contributed by atoms with E-state index in [2.05, 4.69) is 9.97 Å². The highest BCUT2D eigenvalue weighted by Gasteiger charge is 2.38. The lowest BCUT2D eigenvalue weighted by atomic mass is 10.2. The Balaban J connectivity index is 2.15. The Hall–Kier alpha value is -2.83. The molecule has 1 saturated heterocycles. The maximum Gasteiger partial charge on any atom is 0.326 e. The van der Waals surface area contributed by atoms with Gasteiger partial charge in [-0.25, -0.2) is 32.2 Å². The Morgan fingerprint density at radius 2 is 2.15 bits per heavy atom. The Morgan fingerprint density at radius 1 is 1.46 bits per heavy atom. The number of fused-ring (bicyclic) bond motifs is 1. The molecule has 1 fully saturated rings. The summed E-state index contributed by atoms with van der Waals surface area (Å²) in [6.45, 7) is -1.42. The number of alkyl halides is 2. The molecule has 0 aliphatic carbocycles. The summed E-state index contributed by atoms with van der Waals surface area (Å²) in [5, 5.41) is 10.0. The number of anilines is 2. The van der Waals surface area contributed by atoms with E-state index in [1.165, 1.54) is 7.05 Å². The van der Waals surface area contributed by atoms with Crippen molar-refractivity contribution in [2.45, 2.75) is 6.43 Å². The molecule has 2 N–H and O–H groups in total. The van der Waals surface area contributed by atoms with Gasteiger partial charge in [-0.2, -0.15) is 8.42 Å². The molecule has 0 radical (unpaired) electrons. The van der Waals surface area contributed by atoms with E-state index in [-0.39, 0.29) is 11.3 Å². The molecule has 3 rings (SSSR count). The number of phenolic OH excluding ortho intramolecular Hbond substituents is 1. The molecule has 2 aromatic rings. The molecule has 1 aromatic carbocycles. The van der Waals surface area contributed by atoms with E-state index in [9.17, 15) is 31.5 Å². The highest BCUT2D eigenvalue weighted by molar-refractivity contribution is 7.92. The highest BCUT2D eigenvalue weighted by Crippen LogP contribution is 2.37. The van der Waals surface area contributed by atoms with Crippen molar-refractivity contribution >= 4 is 38.7 Å². The molecule has 13 heteroatoms. The minimum absolute atomic E-state index is 0.0221. The molecule has 1 aliphatic rings. The Kier molecular flexibility index (Phi) is 4.26. The third kappa shape index (κ3) is 3.05. The van der Waals surface area contributed by atoms with Gasteiger partial charge < -0.3 is 10.0 Å². The largest absolute Gasteiger partial charge is 0.506 e. The first-order valence-corrected chi connectivity index (χ1v) is 8.55. The van der Waals surface area contributed by atoms with Gasteiger partial charge in [0.25, 0.3) is 12.3 Å². The molecular weight excluding hydrogens is 379 g/mol. The van der Waals surface area contributed by atoms with E-state index in [1.54, 1.807) is 4.72 Å². The lowest BCUT2D eigenvalue weighted by Gasteiger charge is -2.19. The predicted molar refractivity (Wildman–Crippen MR) is 84.8 cm³/mol. The fraction of sp³-hybridized carbons (Fsp3) is 0.308. The summed E-state index contributed by atoms with van der Waals surface area (Å²) in [7, 11) is -3.09. The SMILES string of the molecule is CN(CC(F)F)c1ncc2cc(O)c(N3CC(=O)NS3(=O)=O)c(F)c2n1. The van der Waals surface area contributed by atoms with Crippen molar-refractivity contribution in [1.29, 1.82) is 0 Å². The number of amides is 1. The maximum absolute atomic E-state index is 14.9. The summed E-state index contributed by atoms with van der Waals surface area (Å²) in [5.41, 5.74) is -1.16. The molecular formula is C13H12F3N5O4S. The van der Waals surface area contributed by atoms with Crippen LogP contribution >= 0.6 is 0 Å². The topological polar surface area (TPSA) is 116 Å². The van der Waals surface area contributed by atoms with E-state index in [0.717, 1.165) is 17.2 Å². The Morgan fingerprint density at radius 3 is 2.73 bits per heavy atom. The summed E-state index contributed by atoms with van der Waals surface area (Å²) in [6, 6.07) is 1.02. The smallest absolute Gasteiger partial charge is 0.326 e. The quantitative estimate of drug-likeness (QED) is 0.773. The number of rotatable bonds is 4. The van der Waals surface area contributed by atoms with Gasteiger partial charge in [-0.1, -0.05) is 0 Å². The van der Waals surface area contributed by atoms with Crippen molar-refractivity contribution < 1.29 is 31.5 Å². The third-order valence-electron chi connectivity index (χ3n) is 3.58. The molecule has 0 spiro atoms. The fourth-order valence-electron chi connectivity index (χ4n) is 2.46. The van der Waals surface area contributed by atoms with Crippen molar-refractivity contribution in [2.75, 3.05) is 29.3 Å². The number of aromatic hydroxyl groups is 1. The Bertz CT molecular complexity index is 1000. The van der Waals surface area contributed by atoms with Crippen molar-refractivity contribution in [3.8, 4) is 5.75 Å². The van der Waals surface area contributed by atoms with Crippen LogP contribution in [0.5, 0.6) is 5.75 Å². The molecule has 0 atom stereocenters. The number of aromatic nitrogens is 2. The van der Waals surface area contributed by atoms with Crippen molar-refractivity contribution in [3.63, 3.8) is 0 Å². The average Bonchev–Trinajstić information content (AvgIpc) is 2.79. The average molecular weight is 391 g/mol. The zero-order valence-electron chi connectivity index (χ0n) is 13.1. The standard InChI is InChI=1S/C13H12F3N5O4S/c1-20(4-8(14)15)13-17-3-6-2-7(22)12(10(16)11(6)18-13)21-5-9(23)19-26(21,24)25/h2-3,8,22H,4-5H2,1H3,(H,19,23). The Labute approximate surface area is 145 Å². The molecule has 0 unspecified atom stereocenters. The van der Waals surface area contributed by atoms with Gasteiger partial charge in [0, 0.05) is 18.6 Å². The second kappa shape index (κ2) is 6.16. The normalized spacial score (nSPS) is 16.3. The van der Waals surface area contributed by atoms with Gasteiger partial charge in [0.2, 0.25) is 5.95 Å². The van der Waals surface area contributed by atoms with Crippen molar-refractivity contribution in [2.24, 2.45) is 0 Å². The van der Waals surface area contributed by atoms with Gasteiger partial charge in [-0.15, -0.1) is 0 Å². The summed E-state index contributed by atoms with van der Waals surface area (Å²) in [5.74, 6) is -3.09. The number of benzene rings is 1. The zero-order chi connectivity index (χ0) is 19.2. The first kappa shape index (κ1) is 18.0. The number of hydrogen-bond acceptors (Lipinski definition) is 7. The van der Waals surface area contributed by atoms with Gasteiger partial charge in [0.1, 0.15) is 23.5 Å². The van der Waals surface area contributed by atoms with Crippen LogP contribution in [0.4, 0.5) is 24.8 Å². The van der Waals surface area contributed by atoms with Crippen LogP contribution in [0.3, 0.4) is 0 Å². The minimum Gasteiger partial charge on any atom is -0.506 e. The summed E-state index contributed by atoms with van der Waals surface area (Å²) in [4.78, 5) is 20.0. The number of nitrogens with zero attached hydrogens (tertiary/aromatic N) is 4. The lowest BCUT2D eigenvalue weighted by Crippen LogP contribution is -2.30. The molecule has 0 bridgehead atoms. The molecule has 26 heavy (non-hydrogen) atoms. The number of hydrogen-bond donors (Lipinski definition) is 2. The number of nitrogens with one attached hydrogen (secondary N) is 1. The van der Waals surface area contributed by atoms with E-state index in [1.807, 2.05) is 0 Å². The predicted octanol–water partition coefficient (Wildman–Crippen LogP) is 0.357. The first-order chi connectivity index (χ1) is 12.1. The molecule has 2 heterocycles. The fourth-order valence-corrected chi connectivity index (χ4v) is 3.62. The first-order valence-electron chi connectivity index (χ1n) is 7.11.